The number of fused-ring (bicyclic) bond motifs is 1. The van der Waals surface area contributed by atoms with Crippen molar-refractivity contribution in [3.63, 3.8) is 0 Å². The van der Waals surface area contributed by atoms with Crippen LogP contribution in [0.2, 0.25) is 0 Å². The quantitative estimate of drug-likeness (QED) is 0.391. The Hall–Kier alpha value is -4.71. The number of halogens is 2. The molecule has 3 atom stereocenters. The Kier molecular flexibility index (Phi) is 7.96. The third kappa shape index (κ3) is 5.32. The molecule has 0 radical (unpaired) electrons. The lowest BCUT2D eigenvalue weighted by Crippen LogP contribution is -2.48. The zero-order chi connectivity index (χ0) is 28.3. The van der Waals surface area contributed by atoms with Crippen LogP contribution >= 0.6 is 0 Å². The first-order chi connectivity index (χ1) is 18.7. The lowest BCUT2D eigenvalue weighted by atomic mass is 9.82. The summed E-state index contributed by atoms with van der Waals surface area (Å²) in [7, 11) is 0. The summed E-state index contributed by atoms with van der Waals surface area (Å²) < 4.78 is 29.5. The van der Waals surface area contributed by atoms with E-state index in [1.165, 1.54) is 21.6 Å². The third-order valence-electron chi connectivity index (χ3n) is 7.01. The van der Waals surface area contributed by atoms with Crippen LogP contribution in [0.25, 0.3) is 0 Å². The van der Waals surface area contributed by atoms with Gasteiger partial charge in [0.15, 0.2) is 11.4 Å². The Bertz CT molecular complexity index is 1530. The van der Waals surface area contributed by atoms with Gasteiger partial charge in [0.1, 0.15) is 17.2 Å². The predicted molar refractivity (Wildman–Crippen MR) is 142 cm³/mol. The topological polar surface area (TPSA) is 99.8 Å². The summed E-state index contributed by atoms with van der Waals surface area (Å²) in [4.78, 5) is 39.5. The number of terminal acetylenes is 1. The highest BCUT2D eigenvalue weighted by Crippen LogP contribution is 2.41. The molecule has 1 aliphatic carbocycles. The molecule has 7 nitrogen and oxygen atoms in total. The standard InChI is InChI=1S/C30H26F2N2O5/c1-3-5-9-18(4-2)25(19-10-7-6-8-11-19)24-17-33(15-20-12-13-21(31)14-23(20)32)29(37)26-28(36)27(35)22(30(38)39)16-34(24)26/h1,4-11,13-14,16,20,24-25,36H,12,15,17H2,2H3,(H,38,39)/b9-5-,18-4+/t20?,24-,25?/m1/s1. The fraction of sp³-hybridized carbons (Fsp3) is 0.233. The molecule has 1 aliphatic heterocycles. The maximum Gasteiger partial charge on any atom is 0.341 e. The van der Waals surface area contributed by atoms with Gasteiger partial charge in [-0.05, 0) is 36.6 Å². The normalized spacial score (nSPS) is 20.2. The van der Waals surface area contributed by atoms with Gasteiger partial charge in [0.05, 0.1) is 6.04 Å². The van der Waals surface area contributed by atoms with Gasteiger partial charge in [-0.2, -0.15) is 0 Å². The number of carboxylic acid groups (broad SMARTS) is 1. The molecule has 1 aromatic carbocycles. The first-order valence-electron chi connectivity index (χ1n) is 12.2. The Morgan fingerprint density at radius 2 is 1.97 bits per heavy atom. The molecule has 0 fully saturated rings. The van der Waals surface area contributed by atoms with Crippen LogP contribution < -0.4 is 5.43 Å². The van der Waals surface area contributed by atoms with Gasteiger partial charge in [-0.15, -0.1) is 6.42 Å². The number of carbonyl (C=O) groups is 2. The minimum absolute atomic E-state index is 0.0203. The molecule has 2 N–H and O–H groups in total. The van der Waals surface area contributed by atoms with Crippen molar-refractivity contribution in [1.29, 1.82) is 0 Å². The van der Waals surface area contributed by atoms with Gasteiger partial charge in [-0.25, -0.2) is 13.6 Å². The number of aromatic carboxylic acids is 1. The molecular weight excluding hydrogens is 506 g/mol. The second kappa shape index (κ2) is 11.4. The number of allylic oxidation sites excluding steroid dienone is 7. The van der Waals surface area contributed by atoms with Crippen LogP contribution in [0.4, 0.5) is 8.78 Å². The molecule has 0 bridgehead atoms. The number of rotatable bonds is 7. The summed E-state index contributed by atoms with van der Waals surface area (Å²) >= 11 is 0. The highest BCUT2D eigenvalue weighted by molar-refractivity contribution is 5.97. The van der Waals surface area contributed by atoms with Crippen LogP contribution in [-0.4, -0.2) is 44.6 Å². The maximum absolute atomic E-state index is 14.6. The number of benzene rings is 1. The lowest BCUT2D eigenvalue weighted by Gasteiger charge is -2.41. The SMILES string of the molecule is C#C/C=C\C(=C/C)C(c1ccccc1)[C@H]1CN(CC2CC=C(F)C=C2F)C(=O)c2c(O)c(=O)c(C(=O)O)cn21. The Balaban J connectivity index is 1.93. The summed E-state index contributed by atoms with van der Waals surface area (Å²) in [6.45, 7) is 1.63. The molecule has 0 saturated carbocycles. The molecule has 200 valence electrons. The predicted octanol–water partition coefficient (Wildman–Crippen LogP) is 4.90. The summed E-state index contributed by atoms with van der Waals surface area (Å²) in [6, 6.07) is 8.45. The first kappa shape index (κ1) is 27.3. The third-order valence-corrected chi connectivity index (χ3v) is 7.01. The monoisotopic (exact) mass is 532 g/mol. The van der Waals surface area contributed by atoms with E-state index in [0.29, 0.717) is 0 Å². The molecule has 2 heterocycles. The Morgan fingerprint density at radius 1 is 1.26 bits per heavy atom. The van der Waals surface area contributed by atoms with Gasteiger partial charge in [-0.1, -0.05) is 48.4 Å². The van der Waals surface area contributed by atoms with Gasteiger partial charge in [0, 0.05) is 37.2 Å². The zero-order valence-corrected chi connectivity index (χ0v) is 21.1. The van der Waals surface area contributed by atoms with Crippen molar-refractivity contribution < 1.29 is 28.6 Å². The molecule has 0 spiro atoms. The van der Waals surface area contributed by atoms with Crippen LogP contribution in [0.1, 0.15) is 51.7 Å². The van der Waals surface area contributed by atoms with E-state index in [0.717, 1.165) is 23.4 Å². The molecule has 4 rings (SSSR count). The summed E-state index contributed by atoms with van der Waals surface area (Å²) in [5.74, 6) is -3.67. The second-order valence-corrected chi connectivity index (χ2v) is 9.29. The van der Waals surface area contributed by atoms with E-state index in [4.69, 9.17) is 6.42 Å². The largest absolute Gasteiger partial charge is 0.503 e. The van der Waals surface area contributed by atoms with Crippen molar-refractivity contribution in [2.75, 3.05) is 13.1 Å². The number of pyridine rings is 1. The number of aromatic nitrogens is 1. The van der Waals surface area contributed by atoms with Crippen LogP contribution in [0.5, 0.6) is 5.75 Å². The number of carboxylic acids is 1. The fourth-order valence-electron chi connectivity index (χ4n) is 5.14. The van der Waals surface area contributed by atoms with Crippen molar-refractivity contribution >= 4 is 11.9 Å². The number of hydrogen-bond acceptors (Lipinski definition) is 4. The van der Waals surface area contributed by atoms with E-state index in [-0.39, 0.29) is 19.5 Å². The number of hydrogen-bond donors (Lipinski definition) is 2. The van der Waals surface area contributed by atoms with Crippen LogP contribution in [0, 0.1) is 18.3 Å². The van der Waals surface area contributed by atoms with Crippen LogP contribution in [0.3, 0.4) is 0 Å². The van der Waals surface area contributed by atoms with E-state index in [2.05, 4.69) is 5.92 Å². The highest BCUT2D eigenvalue weighted by Gasteiger charge is 2.41. The van der Waals surface area contributed by atoms with Crippen molar-refractivity contribution in [3.05, 3.63) is 111 Å². The van der Waals surface area contributed by atoms with Crippen molar-refractivity contribution in [3.8, 4) is 18.1 Å². The molecule has 0 saturated heterocycles. The minimum atomic E-state index is -1.56. The highest BCUT2D eigenvalue weighted by atomic mass is 19.1. The molecule has 1 aromatic heterocycles. The smallest absolute Gasteiger partial charge is 0.341 e. The second-order valence-electron chi connectivity index (χ2n) is 9.29. The van der Waals surface area contributed by atoms with Crippen molar-refractivity contribution in [2.24, 2.45) is 5.92 Å². The molecule has 2 unspecified atom stereocenters. The van der Waals surface area contributed by atoms with Gasteiger partial charge < -0.3 is 19.7 Å². The molecular formula is C30H26F2N2O5. The first-order valence-corrected chi connectivity index (χ1v) is 12.2. The number of amides is 1. The van der Waals surface area contributed by atoms with Crippen molar-refractivity contribution in [2.45, 2.75) is 25.3 Å². The molecule has 39 heavy (non-hydrogen) atoms. The van der Waals surface area contributed by atoms with E-state index in [1.807, 2.05) is 36.4 Å². The zero-order valence-electron chi connectivity index (χ0n) is 21.1. The lowest BCUT2D eigenvalue weighted by molar-refractivity contribution is 0.0611. The number of carbonyl (C=O) groups excluding carboxylic acids is 1. The average molecular weight is 533 g/mol. The number of aromatic hydroxyl groups is 1. The van der Waals surface area contributed by atoms with E-state index >= 15 is 0 Å². The van der Waals surface area contributed by atoms with E-state index < -0.39 is 63.8 Å². The molecule has 1 amide bonds. The van der Waals surface area contributed by atoms with E-state index in [9.17, 15) is 33.4 Å². The van der Waals surface area contributed by atoms with Crippen LogP contribution in [0.15, 0.2) is 88.9 Å². The molecule has 2 aromatic rings. The number of nitrogens with zero attached hydrogens (tertiary/aromatic N) is 2. The fourth-order valence-corrected chi connectivity index (χ4v) is 5.14. The summed E-state index contributed by atoms with van der Waals surface area (Å²) in [5.41, 5.74) is -0.779. The van der Waals surface area contributed by atoms with Crippen molar-refractivity contribution in [1.82, 2.24) is 9.47 Å². The average Bonchev–Trinajstić information content (AvgIpc) is 2.91. The maximum atomic E-state index is 14.6. The summed E-state index contributed by atoms with van der Waals surface area (Å²) in [5, 5.41) is 20.5. The molecule has 2 aliphatic rings. The van der Waals surface area contributed by atoms with Gasteiger partial charge >= 0.3 is 5.97 Å². The Morgan fingerprint density at radius 3 is 2.59 bits per heavy atom. The Labute approximate surface area is 223 Å². The van der Waals surface area contributed by atoms with Gasteiger partial charge in [0.25, 0.3) is 5.91 Å². The van der Waals surface area contributed by atoms with Gasteiger partial charge in [0.2, 0.25) is 5.43 Å². The van der Waals surface area contributed by atoms with Gasteiger partial charge in [-0.3, -0.25) is 9.59 Å². The van der Waals surface area contributed by atoms with E-state index in [1.54, 1.807) is 13.0 Å². The molecule has 9 heteroatoms. The minimum Gasteiger partial charge on any atom is -0.503 e. The van der Waals surface area contributed by atoms with Crippen LogP contribution in [-0.2, 0) is 0 Å². The summed E-state index contributed by atoms with van der Waals surface area (Å²) in [6.07, 6.45) is 13.6.